The predicted molar refractivity (Wildman–Crippen MR) is 96.4 cm³/mol. The van der Waals surface area contributed by atoms with Gasteiger partial charge in [0.15, 0.2) is 0 Å². The SMILES string of the molecule is CN(C)c1ccnc(C(=O)N2CCNC(=O)C[C@@H]2c2ccccc2)c1. The fourth-order valence-corrected chi connectivity index (χ4v) is 3.01. The molecule has 130 valence electrons. The molecule has 1 aromatic heterocycles. The maximum atomic E-state index is 13.1. The molecule has 0 radical (unpaired) electrons. The molecule has 1 atom stereocenters. The van der Waals surface area contributed by atoms with Gasteiger partial charge in [0.25, 0.3) is 5.91 Å². The highest BCUT2D eigenvalue weighted by Crippen LogP contribution is 2.27. The quantitative estimate of drug-likeness (QED) is 0.928. The third-order valence-electron chi connectivity index (χ3n) is 4.35. The maximum absolute atomic E-state index is 13.1. The summed E-state index contributed by atoms with van der Waals surface area (Å²) in [6.07, 6.45) is 1.89. The van der Waals surface area contributed by atoms with Gasteiger partial charge in [0.05, 0.1) is 12.5 Å². The minimum atomic E-state index is -0.291. The van der Waals surface area contributed by atoms with Crippen LogP contribution in [0.4, 0.5) is 5.69 Å². The average Bonchev–Trinajstić information content (AvgIpc) is 2.83. The Kier molecular flexibility index (Phi) is 4.97. The van der Waals surface area contributed by atoms with Crippen LogP contribution >= 0.6 is 0 Å². The molecule has 6 heteroatoms. The van der Waals surface area contributed by atoms with E-state index in [0.29, 0.717) is 18.8 Å². The summed E-state index contributed by atoms with van der Waals surface area (Å²) in [5, 5.41) is 2.85. The third-order valence-corrected chi connectivity index (χ3v) is 4.35. The van der Waals surface area contributed by atoms with Gasteiger partial charge < -0.3 is 15.1 Å². The van der Waals surface area contributed by atoms with Gasteiger partial charge >= 0.3 is 0 Å². The monoisotopic (exact) mass is 338 g/mol. The molecule has 0 saturated carbocycles. The molecule has 1 aliphatic heterocycles. The van der Waals surface area contributed by atoms with Crippen LogP contribution in [0.1, 0.15) is 28.5 Å². The molecule has 25 heavy (non-hydrogen) atoms. The molecule has 0 spiro atoms. The van der Waals surface area contributed by atoms with Gasteiger partial charge in [-0.15, -0.1) is 0 Å². The van der Waals surface area contributed by atoms with Gasteiger partial charge in [-0.05, 0) is 17.7 Å². The summed E-state index contributed by atoms with van der Waals surface area (Å²) in [5.41, 5.74) is 2.26. The van der Waals surface area contributed by atoms with Crippen LogP contribution in [0.5, 0.6) is 0 Å². The molecule has 2 heterocycles. The lowest BCUT2D eigenvalue weighted by Crippen LogP contribution is -2.37. The summed E-state index contributed by atoms with van der Waals surface area (Å²) < 4.78 is 0. The third kappa shape index (κ3) is 3.79. The molecule has 0 aliphatic carbocycles. The Morgan fingerprint density at radius 1 is 1.24 bits per heavy atom. The Bertz CT molecular complexity index is 761. The van der Waals surface area contributed by atoms with Crippen LogP contribution in [-0.4, -0.2) is 48.9 Å². The van der Waals surface area contributed by atoms with E-state index < -0.39 is 0 Å². The Morgan fingerprint density at radius 2 is 2.00 bits per heavy atom. The van der Waals surface area contributed by atoms with Crippen molar-refractivity contribution in [1.82, 2.24) is 15.2 Å². The van der Waals surface area contributed by atoms with E-state index in [2.05, 4.69) is 10.3 Å². The number of pyridine rings is 1. The number of benzene rings is 1. The van der Waals surface area contributed by atoms with Gasteiger partial charge in [0.2, 0.25) is 5.91 Å². The minimum Gasteiger partial charge on any atom is -0.378 e. The lowest BCUT2D eigenvalue weighted by molar-refractivity contribution is -0.121. The number of hydrogen-bond donors (Lipinski definition) is 1. The minimum absolute atomic E-state index is 0.0424. The van der Waals surface area contributed by atoms with Crippen LogP contribution in [0.25, 0.3) is 0 Å². The summed E-state index contributed by atoms with van der Waals surface area (Å²) in [6, 6.07) is 13.0. The number of hydrogen-bond acceptors (Lipinski definition) is 4. The lowest BCUT2D eigenvalue weighted by atomic mass is 10.0. The first-order valence-electron chi connectivity index (χ1n) is 8.32. The van der Waals surface area contributed by atoms with Crippen molar-refractivity contribution in [3.8, 4) is 0 Å². The Labute approximate surface area is 147 Å². The number of carbonyl (C=O) groups is 2. The van der Waals surface area contributed by atoms with E-state index in [0.717, 1.165) is 11.3 Å². The van der Waals surface area contributed by atoms with Gasteiger partial charge in [0, 0.05) is 39.1 Å². The van der Waals surface area contributed by atoms with Crippen LogP contribution < -0.4 is 10.2 Å². The van der Waals surface area contributed by atoms with Crippen molar-refractivity contribution in [2.75, 3.05) is 32.1 Å². The second-order valence-electron chi connectivity index (χ2n) is 6.27. The number of nitrogens with one attached hydrogen (secondary N) is 1. The van der Waals surface area contributed by atoms with Gasteiger partial charge in [-0.3, -0.25) is 14.6 Å². The topological polar surface area (TPSA) is 65.5 Å². The molecule has 1 saturated heterocycles. The molecule has 3 rings (SSSR count). The lowest BCUT2D eigenvalue weighted by Gasteiger charge is -2.29. The number of nitrogens with zero attached hydrogens (tertiary/aromatic N) is 3. The summed E-state index contributed by atoms with van der Waals surface area (Å²) in [6.45, 7) is 0.902. The number of rotatable bonds is 3. The zero-order valence-electron chi connectivity index (χ0n) is 14.5. The zero-order chi connectivity index (χ0) is 17.8. The van der Waals surface area contributed by atoms with Crippen LogP contribution in [-0.2, 0) is 4.79 Å². The largest absolute Gasteiger partial charge is 0.378 e. The number of aromatic nitrogens is 1. The smallest absolute Gasteiger partial charge is 0.273 e. The predicted octanol–water partition coefficient (Wildman–Crippen LogP) is 1.85. The molecular formula is C19H22N4O2. The van der Waals surface area contributed by atoms with E-state index in [-0.39, 0.29) is 24.3 Å². The van der Waals surface area contributed by atoms with Gasteiger partial charge in [0.1, 0.15) is 5.69 Å². The van der Waals surface area contributed by atoms with Crippen molar-refractivity contribution in [3.63, 3.8) is 0 Å². The first-order valence-corrected chi connectivity index (χ1v) is 8.32. The van der Waals surface area contributed by atoms with Crippen molar-refractivity contribution < 1.29 is 9.59 Å². The normalized spacial score (nSPS) is 17.6. The fraction of sp³-hybridized carbons (Fsp3) is 0.316. The number of carbonyl (C=O) groups excluding carboxylic acids is 2. The van der Waals surface area contributed by atoms with Crippen molar-refractivity contribution in [1.29, 1.82) is 0 Å². The Balaban J connectivity index is 1.95. The molecule has 1 aliphatic rings. The van der Waals surface area contributed by atoms with E-state index in [1.165, 1.54) is 0 Å². The first kappa shape index (κ1) is 17.0. The summed E-state index contributed by atoms with van der Waals surface area (Å²) >= 11 is 0. The molecule has 6 nitrogen and oxygen atoms in total. The average molecular weight is 338 g/mol. The Hall–Kier alpha value is -2.89. The summed E-state index contributed by atoms with van der Waals surface area (Å²) in [4.78, 5) is 33.1. The van der Waals surface area contributed by atoms with Crippen molar-refractivity contribution in [2.24, 2.45) is 0 Å². The van der Waals surface area contributed by atoms with Crippen molar-refractivity contribution in [2.45, 2.75) is 12.5 Å². The highest BCUT2D eigenvalue weighted by atomic mass is 16.2. The van der Waals surface area contributed by atoms with Gasteiger partial charge in [-0.2, -0.15) is 0 Å². The molecular weight excluding hydrogens is 316 g/mol. The molecule has 1 N–H and O–H groups in total. The number of anilines is 1. The second kappa shape index (κ2) is 7.34. The van der Waals surface area contributed by atoms with Crippen LogP contribution in [0, 0.1) is 0 Å². The van der Waals surface area contributed by atoms with E-state index >= 15 is 0 Å². The summed E-state index contributed by atoms with van der Waals surface area (Å²) in [7, 11) is 3.84. The molecule has 0 unspecified atom stereocenters. The first-order chi connectivity index (χ1) is 12.1. The fourth-order valence-electron chi connectivity index (χ4n) is 3.01. The molecule has 1 fully saturated rings. The molecule has 0 bridgehead atoms. The van der Waals surface area contributed by atoms with Gasteiger partial charge in [-0.1, -0.05) is 30.3 Å². The Morgan fingerprint density at radius 3 is 2.72 bits per heavy atom. The standard InChI is InChI=1S/C19H22N4O2/c1-22(2)15-8-9-20-16(12-15)19(25)23-11-10-21-18(24)13-17(23)14-6-4-3-5-7-14/h3-9,12,17H,10-11,13H2,1-2H3,(H,21,24)/t17-/m1/s1. The summed E-state index contributed by atoms with van der Waals surface area (Å²) in [5.74, 6) is -0.201. The molecule has 2 aromatic rings. The molecule has 2 amide bonds. The van der Waals surface area contributed by atoms with Crippen LogP contribution in [0.3, 0.4) is 0 Å². The van der Waals surface area contributed by atoms with Gasteiger partial charge in [-0.25, -0.2) is 0 Å². The van der Waals surface area contributed by atoms with Crippen LogP contribution in [0.2, 0.25) is 0 Å². The van der Waals surface area contributed by atoms with E-state index in [1.54, 1.807) is 17.2 Å². The van der Waals surface area contributed by atoms with E-state index in [9.17, 15) is 9.59 Å². The maximum Gasteiger partial charge on any atom is 0.273 e. The molecule has 1 aromatic carbocycles. The highest BCUT2D eigenvalue weighted by Gasteiger charge is 2.31. The van der Waals surface area contributed by atoms with E-state index in [4.69, 9.17) is 0 Å². The van der Waals surface area contributed by atoms with Crippen molar-refractivity contribution in [3.05, 3.63) is 59.9 Å². The number of amides is 2. The zero-order valence-corrected chi connectivity index (χ0v) is 14.5. The van der Waals surface area contributed by atoms with Crippen molar-refractivity contribution >= 4 is 17.5 Å². The second-order valence-corrected chi connectivity index (χ2v) is 6.27. The highest BCUT2D eigenvalue weighted by molar-refractivity contribution is 5.94. The van der Waals surface area contributed by atoms with E-state index in [1.807, 2.05) is 55.4 Å². The van der Waals surface area contributed by atoms with Crippen LogP contribution in [0.15, 0.2) is 48.7 Å².